The van der Waals surface area contributed by atoms with Crippen molar-refractivity contribution in [1.82, 2.24) is 0 Å². The highest BCUT2D eigenvalue weighted by Crippen LogP contribution is 2.31. The van der Waals surface area contributed by atoms with E-state index >= 15 is 0 Å². The van der Waals surface area contributed by atoms with Crippen LogP contribution >= 0.6 is 27.5 Å². The molecule has 0 saturated heterocycles. The molecule has 70 valence electrons. The fraction of sp³-hybridized carbons (Fsp3) is 0.250. The molecule has 0 atom stereocenters. The van der Waals surface area contributed by atoms with Crippen molar-refractivity contribution in [3.8, 4) is 0 Å². The third-order valence-electron chi connectivity index (χ3n) is 1.82. The summed E-state index contributed by atoms with van der Waals surface area (Å²) in [4.78, 5) is 10.2. The van der Waals surface area contributed by atoms with Crippen LogP contribution in [0.4, 0.5) is 5.69 Å². The van der Waals surface area contributed by atoms with Gasteiger partial charge in [-0.05, 0) is 34.5 Å². The molecule has 13 heavy (non-hydrogen) atoms. The molecule has 0 radical (unpaired) electrons. The van der Waals surface area contributed by atoms with E-state index in [1.165, 1.54) is 0 Å². The molecule has 1 aromatic carbocycles. The van der Waals surface area contributed by atoms with Gasteiger partial charge in [-0.1, -0.05) is 6.07 Å². The number of nitro benzene ring substituents is 1. The van der Waals surface area contributed by atoms with Crippen molar-refractivity contribution in [2.45, 2.75) is 12.8 Å². The van der Waals surface area contributed by atoms with Crippen molar-refractivity contribution in [1.29, 1.82) is 0 Å². The molecule has 1 rings (SSSR count). The predicted molar refractivity (Wildman–Crippen MR) is 55.1 cm³/mol. The number of benzene rings is 1. The van der Waals surface area contributed by atoms with Crippen LogP contribution in [0.25, 0.3) is 0 Å². The van der Waals surface area contributed by atoms with E-state index < -0.39 is 4.92 Å². The summed E-state index contributed by atoms with van der Waals surface area (Å²) < 4.78 is 0.490. The van der Waals surface area contributed by atoms with E-state index in [0.29, 0.717) is 15.9 Å². The molecule has 0 saturated carbocycles. The minimum absolute atomic E-state index is 0.0955. The number of hydrogen-bond acceptors (Lipinski definition) is 2. The molecule has 0 heterocycles. The van der Waals surface area contributed by atoms with E-state index in [2.05, 4.69) is 15.9 Å². The second-order valence-electron chi connectivity index (χ2n) is 2.57. The number of nitro groups is 1. The minimum atomic E-state index is -0.407. The SMILES string of the molecule is Cc1c(CCl)ccc(Br)c1[N+](=O)[O-]. The smallest absolute Gasteiger partial charge is 0.258 e. The summed E-state index contributed by atoms with van der Waals surface area (Å²) in [6.45, 7) is 1.70. The molecule has 0 bridgehead atoms. The summed E-state index contributed by atoms with van der Waals surface area (Å²) in [6, 6.07) is 3.42. The Labute approximate surface area is 89.0 Å². The molecule has 0 spiro atoms. The third-order valence-corrected chi connectivity index (χ3v) is 2.75. The number of alkyl halides is 1. The van der Waals surface area contributed by atoms with Gasteiger partial charge in [0.1, 0.15) is 0 Å². The Morgan fingerprint density at radius 2 is 2.23 bits per heavy atom. The molecule has 0 fully saturated rings. The zero-order valence-electron chi connectivity index (χ0n) is 6.88. The molecule has 0 aliphatic heterocycles. The summed E-state index contributed by atoms with van der Waals surface area (Å²) in [6.07, 6.45) is 0. The highest BCUT2D eigenvalue weighted by Gasteiger charge is 2.17. The first-order chi connectivity index (χ1) is 6.07. The van der Waals surface area contributed by atoms with E-state index in [-0.39, 0.29) is 5.69 Å². The van der Waals surface area contributed by atoms with Crippen LogP contribution in [0.1, 0.15) is 11.1 Å². The maximum Gasteiger partial charge on any atom is 0.286 e. The topological polar surface area (TPSA) is 43.1 Å². The number of rotatable bonds is 2. The standard InChI is InChI=1S/C8H7BrClNO2/c1-5-6(4-10)2-3-7(9)8(5)11(12)13/h2-3H,4H2,1H3. The lowest BCUT2D eigenvalue weighted by Crippen LogP contribution is -1.96. The highest BCUT2D eigenvalue weighted by molar-refractivity contribution is 9.10. The fourth-order valence-corrected chi connectivity index (χ4v) is 1.94. The summed E-state index contributed by atoms with van der Waals surface area (Å²) in [5, 5.41) is 10.6. The fourth-order valence-electron chi connectivity index (χ4n) is 1.08. The lowest BCUT2D eigenvalue weighted by molar-refractivity contribution is -0.386. The quantitative estimate of drug-likeness (QED) is 0.467. The first kappa shape index (κ1) is 10.5. The van der Waals surface area contributed by atoms with Gasteiger partial charge in [0.25, 0.3) is 5.69 Å². The zero-order valence-corrected chi connectivity index (χ0v) is 9.22. The molecule has 0 amide bonds. The summed E-state index contributed by atoms with van der Waals surface area (Å²) in [7, 11) is 0. The zero-order chi connectivity index (χ0) is 10.0. The van der Waals surface area contributed by atoms with Crippen molar-refractivity contribution in [2.24, 2.45) is 0 Å². The van der Waals surface area contributed by atoms with Gasteiger partial charge in [-0.15, -0.1) is 11.6 Å². The normalized spacial score (nSPS) is 10.1. The van der Waals surface area contributed by atoms with Crippen LogP contribution in [-0.4, -0.2) is 4.92 Å². The molecule has 0 aliphatic carbocycles. The van der Waals surface area contributed by atoms with Crippen molar-refractivity contribution in [3.05, 3.63) is 37.8 Å². The maximum atomic E-state index is 10.6. The number of halogens is 2. The van der Waals surface area contributed by atoms with Crippen LogP contribution < -0.4 is 0 Å². The van der Waals surface area contributed by atoms with E-state index in [0.717, 1.165) is 5.56 Å². The van der Waals surface area contributed by atoms with Gasteiger partial charge < -0.3 is 0 Å². The lowest BCUT2D eigenvalue weighted by Gasteiger charge is -2.03. The number of nitrogens with zero attached hydrogens (tertiary/aromatic N) is 1. The van der Waals surface area contributed by atoms with E-state index in [4.69, 9.17) is 11.6 Å². The van der Waals surface area contributed by atoms with Gasteiger partial charge in [-0.3, -0.25) is 10.1 Å². The third kappa shape index (κ3) is 2.00. The van der Waals surface area contributed by atoms with Crippen molar-refractivity contribution >= 4 is 33.2 Å². The minimum Gasteiger partial charge on any atom is -0.258 e. The van der Waals surface area contributed by atoms with Gasteiger partial charge in [0.2, 0.25) is 0 Å². The van der Waals surface area contributed by atoms with Gasteiger partial charge in [0.05, 0.1) is 9.40 Å². The van der Waals surface area contributed by atoms with Crippen LogP contribution in [0, 0.1) is 17.0 Å². The van der Waals surface area contributed by atoms with Gasteiger partial charge in [0, 0.05) is 11.4 Å². The Balaban J connectivity index is 3.38. The van der Waals surface area contributed by atoms with Crippen LogP contribution in [0.3, 0.4) is 0 Å². The molecule has 3 nitrogen and oxygen atoms in total. The first-order valence-electron chi connectivity index (χ1n) is 3.56. The lowest BCUT2D eigenvalue weighted by atomic mass is 10.1. The second-order valence-corrected chi connectivity index (χ2v) is 3.69. The highest BCUT2D eigenvalue weighted by atomic mass is 79.9. The Morgan fingerprint density at radius 3 is 2.69 bits per heavy atom. The Hall–Kier alpha value is -0.610. The Morgan fingerprint density at radius 1 is 1.62 bits per heavy atom. The molecule has 0 N–H and O–H groups in total. The Bertz CT molecular complexity index is 354. The Kier molecular flexibility index (Phi) is 3.27. The van der Waals surface area contributed by atoms with E-state index in [1.807, 2.05) is 0 Å². The van der Waals surface area contributed by atoms with Crippen LogP contribution in [0.15, 0.2) is 16.6 Å². The van der Waals surface area contributed by atoms with Crippen molar-refractivity contribution in [2.75, 3.05) is 0 Å². The molecule has 0 unspecified atom stereocenters. The summed E-state index contributed by atoms with van der Waals surface area (Å²) in [5.41, 5.74) is 1.50. The largest absolute Gasteiger partial charge is 0.286 e. The molecular weight excluding hydrogens is 257 g/mol. The van der Waals surface area contributed by atoms with Crippen molar-refractivity contribution in [3.63, 3.8) is 0 Å². The van der Waals surface area contributed by atoms with E-state index in [1.54, 1.807) is 19.1 Å². The first-order valence-corrected chi connectivity index (χ1v) is 4.89. The summed E-state index contributed by atoms with van der Waals surface area (Å²) in [5.74, 6) is 0.292. The second kappa shape index (κ2) is 4.07. The van der Waals surface area contributed by atoms with Crippen LogP contribution in [-0.2, 0) is 5.88 Å². The van der Waals surface area contributed by atoms with Gasteiger partial charge in [-0.25, -0.2) is 0 Å². The van der Waals surface area contributed by atoms with Crippen LogP contribution in [0.5, 0.6) is 0 Å². The molecule has 0 aliphatic rings. The van der Waals surface area contributed by atoms with Gasteiger partial charge in [0.15, 0.2) is 0 Å². The number of hydrogen-bond donors (Lipinski definition) is 0. The monoisotopic (exact) mass is 263 g/mol. The molecule has 5 heteroatoms. The predicted octanol–water partition coefficient (Wildman–Crippen LogP) is 3.40. The molecule has 1 aromatic rings. The van der Waals surface area contributed by atoms with Gasteiger partial charge >= 0.3 is 0 Å². The molecular formula is C8H7BrClNO2. The van der Waals surface area contributed by atoms with Crippen molar-refractivity contribution < 1.29 is 4.92 Å². The average Bonchev–Trinajstić information content (AvgIpc) is 2.04. The summed E-state index contributed by atoms with van der Waals surface area (Å²) >= 11 is 8.75. The molecule has 0 aromatic heterocycles. The van der Waals surface area contributed by atoms with Crippen LogP contribution in [0.2, 0.25) is 0 Å². The van der Waals surface area contributed by atoms with E-state index in [9.17, 15) is 10.1 Å². The van der Waals surface area contributed by atoms with Gasteiger partial charge in [-0.2, -0.15) is 0 Å². The average molecular weight is 265 g/mol. The maximum absolute atomic E-state index is 10.6.